The molecule has 0 amide bonds. The van der Waals surface area contributed by atoms with Crippen molar-refractivity contribution in [2.75, 3.05) is 5.75 Å². The Morgan fingerprint density at radius 1 is 1.25 bits per heavy atom. The molecule has 0 aromatic rings. The third-order valence-electron chi connectivity index (χ3n) is 3.77. The Labute approximate surface area is 104 Å². The number of hydrogen-bond acceptors (Lipinski definition) is 2. The average Bonchev–Trinajstić information content (AvgIpc) is 2.21. The lowest BCUT2D eigenvalue weighted by atomic mass is 9.76. The Morgan fingerprint density at radius 2 is 1.94 bits per heavy atom. The number of hydrogen-bond donors (Lipinski definition) is 1. The number of nitrogens with zero attached hydrogens (tertiary/aromatic N) is 1. The number of nitrogens with one attached hydrogen (secondary N) is 1. The fourth-order valence-electron chi connectivity index (χ4n) is 2.41. The average molecular weight is 240 g/mol. The summed E-state index contributed by atoms with van der Waals surface area (Å²) in [5.74, 6) is 1.23. The van der Waals surface area contributed by atoms with Gasteiger partial charge < -0.3 is 5.32 Å². The lowest BCUT2D eigenvalue weighted by molar-refractivity contribution is 0.226. The molecule has 1 N–H and O–H groups in total. The molecule has 1 atom stereocenters. The summed E-state index contributed by atoms with van der Waals surface area (Å²) in [6.07, 6.45) is 6.46. The molecule has 0 aromatic heterocycles. The molecule has 1 saturated heterocycles. The summed E-state index contributed by atoms with van der Waals surface area (Å²) in [4.78, 5) is 4.88. The molecule has 16 heavy (non-hydrogen) atoms. The van der Waals surface area contributed by atoms with Crippen LogP contribution in [0.4, 0.5) is 0 Å². The fourth-order valence-corrected chi connectivity index (χ4v) is 3.58. The van der Waals surface area contributed by atoms with Gasteiger partial charge >= 0.3 is 0 Å². The topological polar surface area (TPSA) is 24.4 Å². The number of rotatable bonds is 1. The monoisotopic (exact) mass is 240 g/mol. The van der Waals surface area contributed by atoms with Crippen LogP contribution in [0.3, 0.4) is 0 Å². The van der Waals surface area contributed by atoms with Gasteiger partial charge in [-0.25, -0.2) is 0 Å². The van der Waals surface area contributed by atoms with Crippen LogP contribution in [0.15, 0.2) is 4.99 Å². The van der Waals surface area contributed by atoms with Gasteiger partial charge in [0.1, 0.15) is 0 Å². The van der Waals surface area contributed by atoms with Crippen molar-refractivity contribution in [1.82, 2.24) is 5.32 Å². The quantitative estimate of drug-likeness (QED) is 0.759. The van der Waals surface area contributed by atoms with Crippen molar-refractivity contribution >= 4 is 16.9 Å². The first kappa shape index (κ1) is 12.3. The molecule has 92 valence electrons. The van der Waals surface area contributed by atoms with Crippen molar-refractivity contribution in [3.8, 4) is 0 Å². The van der Waals surface area contributed by atoms with Crippen LogP contribution in [0, 0.1) is 5.41 Å². The van der Waals surface area contributed by atoms with Crippen molar-refractivity contribution in [3.05, 3.63) is 0 Å². The maximum Gasteiger partial charge on any atom is 0.157 e. The normalized spacial score (nSPS) is 33.7. The molecule has 1 saturated carbocycles. The van der Waals surface area contributed by atoms with Crippen LogP contribution in [0.5, 0.6) is 0 Å². The van der Waals surface area contributed by atoms with Gasteiger partial charge in [-0.3, -0.25) is 4.99 Å². The van der Waals surface area contributed by atoms with Crippen LogP contribution >= 0.6 is 11.8 Å². The molecule has 0 spiro atoms. The Balaban J connectivity index is 1.87. The van der Waals surface area contributed by atoms with E-state index in [2.05, 4.69) is 26.1 Å². The molecule has 1 aliphatic carbocycles. The summed E-state index contributed by atoms with van der Waals surface area (Å²) in [5.41, 5.74) is 0.553. The van der Waals surface area contributed by atoms with E-state index in [9.17, 15) is 0 Å². The Hall–Kier alpha value is -0.180. The number of aliphatic imine (C=N–C) groups is 1. The van der Waals surface area contributed by atoms with E-state index in [0.29, 0.717) is 17.5 Å². The van der Waals surface area contributed by atoms with E-state index in [1.165, 1.54) is 43.0 Å². The lowest BCUT2D eigenvalue weighted by Gasteiger charge is -2.33. The lowest BCUT2D eigenvalue weighted by Crippen LogP contribution is -2.36. The molecular weight excluding hydrogens is 216 g/mol. The summed E-state index contributed by atoms with van der Waals surface area (Å²) in [5, 5.41) is 4.69. The molecule has 1 heterocycles. The van der Waals surface area contributed by atoms with E-state index in [4.69, 9.17) is 4.99 Å². The summed E-state index contributed by atoms with van der Waals surface area (Å²) < 4.78 is 0. The Bertz CT molecular complexity index is 263. The first-order chi connectivity index (χ1) is 7.55. The van der Waals surface area contributed by atoms with Crippen LogP contribution in [-0.4, -0.2) is 23.0 Å². The van der Waals surface area contributed by atoms with Crippen LogP contribution in [0.2, 0.25) is 0 Å². The second kappa shape index (κ2) is 4.99. The second-order valence-corrected chi connectivity index (χ2v) is 7.10. The van der Waals surface area contributed by atoms with E-state index in [1.54, 1.807) is 0 Å². The smallest absolute Gasteiger partial charge is 0.157 e. The van der Waals surface area contributed by atoms with Crippen LogP contribution < -0.4 is 5.32 Å². The van der Waals surface area contributed by atoms with Gasteiger partial charge in [-0.2, -0.15) is 0 Å². The molecule has 0 aromatic carbocycles. The zero-order chi connectivity index (χ0) is 11.6. The van der Waals surface area contributed by atoms with Gasteiger partial charge in [0.25, 0.3) is 0 Å². The van der Waals surface area contributed by atoms with Crippen molar-refractivity contribution in [3.63, 3.8) is 0 Å². The number of amidine groups is 1. The maximum absolute atomic E-state index is 4.88. The summed E-state index contributed by atoms with van der Waals surface area (Å²) in [6.45, 7) is 7.01. The zero-order valence-corrected chi connectivity index (χ0v) is 11.6. The fraction of sp³-hybridized carbons (Fsp3) is 0.923. The minimum Gasteiger partial charge on any atom is -0.362 e. The Morgan fingerprint density at radius 3 is 2.56 bits per heavy atom. The summed E-state index contributed by atoms with van der Waals surface area (Å²) in [6, 6.07) is 1.19. The predicted octanol–water partition coefficient (Wildman–Crippen LogP) is 3.43. The first-order valence-corrected chi connectivity index (χ1v) is 7.51. The highest BCUT2D eigenvalue weighted by Gasteiger charge is 2.27. The second-order valence-electron chi connectivity index (χ2n) is 6.01. The predicted molar refractivity (Wildman–Crippen MR) is 73.1 cm³/mol. The molecule has 2 fully saturated rings. The Kier molecular flexibility index (Phi) is 3.83. The third-order valence-corrected chi connectivity index (χ3v) is 4.70. The van der Waals surface area contributed by atoms with Gasteiger partial charge in [0, 0.05) is 11.8 Å². The van der Waals surface area contributed by atoms with Crippen molar-refractivity contribution in [1.29, 1.82) is 0 Å². The molecule has 0 radical (unpaired) electrons. The summed E-state index contributed by atoms with van der Waals surface area (Å²) >= 11 is 1.90. The van der Waals surface area contributed by atoms with Crippen molar-refractivity contribution < 1.29 is 0 Å². The largest absolute Gasteiger partial charge is 0.362 e. The maximum atomic E-state index is 4.88. The molecule has 1 aliphatic heterocycles. The van der Waals surface area contributed by atoms with E-state index in [0.717, 1.165) is 0 Å². The standard InChI is InChI=1S/C13H24N2S/c1-10-6-9-16-12(14-10)15-11-4-7-13(2,3)8-5-11/h10-11H,4-9H2,1-3H3,(H,14,15). The van der Waals surface area contributed by atoms with E-state index < -0.39 is 0 Å². The molecule has 2 nitrogen and oxygen atoms in total. The third kappa shape index (κ3) is 3.41. The van der Waals surface area contributed by atoms with Gasteiger partial charge in [0.05, 0.1) is 6.04 Å². The van der Waals surface area contributed by atoms with Crippen LogP contribution in [-0.2, 0) is 0 Å². The van der Waals surface area contributed by atoms with Gasteiger partial charge in [0.15, 0.2) is 5.17 Å². The van der Waals surface area contributed by atoms with E-state index in [-0.39, 0.29) is 0 Å². The van der Waals surface area contributed by atoms with E-state index in [1.807, 2.05) is 11.8 Å². The van der Waals surface area contributed by atoms with Gasteiger partial charge in [-0.05, 0) is 44.4 Å². The van der Waals surface area contributed by atoms with E-state index >= 15 is 0 Å². The highest BCUT2D eigenvalue weighted by molar-refractivity contribution is 8.13. The van der Waals surface area contributed by atoms with Gasteiger partial charge in [-0.15, -0.1) is 0 Å². The first-order valence-electron chi connectivity index (χ1n) is 6.52. The van der Waals surface area contributed by atoms with Crippen molar-refractivity contribution in [2.24, 2.45) is 10.4 Å². The van der Waals surface area contributed by atoms with Crippen LogP contribution in [0.25, 0.3) is 0 Å². The minimum atomic E-state index is 0.553. The molecular formula is C13H24N2S. The molecule has 2 rings (SSSR count). The zero-order valence-electron chi connectivity index (χ0n) is 10.8. The SMILES string of the molecule is CC1CCSC(=NC2CCC(C)(C)CC2)N1. The molecule has 3 heteroatoms. The molecule has 2 aliphatic rings. The van der Waals surface area contributed by atoms with Gasteiger partial charge in [0.2, 0.25) is 0 Å². The number of thioether (sulfide) groups is 1. The highest BCUT2D eigenvalue weighted by Crippen LogP contribution is 2.36. The molecule has 1 unspecified atom stereocenters. The minimum absolute atomic E-state index is 0.553. The van der Waals surface area contributed by atoms with Crippen LogP contribution in [0.1, 0.15) is 52.9 Å². The van der Waals surface area contributed by atoms with Gasteiger partial charge in [-0.1, -0.05) is 25.6 Å². The highest BCUT2D eigenvalue weighted by atomic mass is 32.2. The summed E-state index contributed by atoms with van der Waals surface area (Å²) in [7, 11) is 0. The van der Waals surface area contributed by atoms with Crippen molar-refractivity contribution in [2.45, 2.75) is 65.0 Å². The molecule has 0 bridgehead atoms.